The summed E-state index contributed by atoms with van der Waals surface area (Å²) in [6, 6.07) is 5.39. The number of nitrogens with one attached hydrogen (secondary N) is 1. The van der Waals surface area contributed by atoms with Crippen molar-refractivity contribution in [2.75, 3.05) is 4.90 Å². The van der Waals surface area contributed by atoms with E-state index in [4.69, 9.17) is 0 Å². The summed E-state index contributed by atoms with van der Waals surface area (Å²) < 4.78 is 28.6. The van der Waals surface area contributed by atoms with E-state index in [1.54, 1.807) is 12.1 Å². The second-order valence-corrected chi connectivity index (χ2v) is 9.85. The van der Waals surface area contributed by atoms with Gasteiger partial charge in [-0.3, -0.25) is 4.79 Å². The lowest BCUT2D eigenvalue weighted by molar-refractivity contribution is -0.120. The Morgan fingerprint density at radius 2 is 1.77 bits per heavy atom. The molecule has 1 amide bonds. The maximum absolute atomic E-state index is 12.8. The van der Waals surface area contributed by atoms with Crippen LogP contribution in [0.5, 0.6) is 0 Å². The van der Waals surface area contributed by atoms with Gasteiger partial charge < -0.3 is 4.90 Å². The molecule has 6 heteroatoms. The lowest BCUT2D eigenvalue weighted by Gasteiger charge is -2.22. The maximum atomic E-state index is 12.8. The van der Waals surface area contributed by atoms with E-state index in [2.05, 4.69) is 4.72 Å². The predicted molar refractivity (Wildman–Crippen MR) is 102 cm³/mol. The highest BCUT2D eigenvalue weighted by molar-refractivity contribution is 7.89. The predicted octanol–water partition coefficient (Wildman–Crippen LogP) is 3.38. The van der Waals surface area contributed by atoms with Gasteiger partial charge in [0.2, 0.25) is 15.9 Å². The number of anilines is 1. The van der Waals surface area contributed by atoms with Gasteiger partial charge >= 0.3 is 0 Å². The molecule has 5 nitrogen and oxygen atoms in total. The molecule has 2 fully saturated rings. The van der Waals surface area contributed by atoms with Crippen LogP contribution in [-0.2, 0) is 21.2 Å². The topological polar surface area (TPSA) is 66.5 Å². The lowest BCUT2D eigenvalue weighted by atomic mass is 10.1. The summed E-state index contributed by atoms with van der Waals surface area (Å²) in [4.78, 5) is 14.8. The molecule has 0 bridgehead atoms. The Morgan fingerprint density at radius 3 is 2.42 bits per heavy atom. The Balaban J connectivity index is 1.55. The van der Waals surface area contributed by atoms with Crippen LogP contribution < -0.4 is 9.62 Å². The molecule has 142 valence electrons. The fourth-order valence-electron chi connectivity index (χ4n) is 4.32. The first-order valence-electron chi connectivity index (χ1n) is 9.94. The van der Waals surface area contributed by atoms with Gasteiger partial charge in [0, 0.05) is 23.7 Å². The molecule has 0 saturated heterocycles. The Labute approximate surface area is 156 Å². The van der Waals surface area contributed by atoms with Crippen molar-refractivity contribution in [3.8, 4) is 0 Å². The number of benzene rings is 1. The number of carbonyl (C=O) groups is 1. The van der Waals surface area contributed by atoms with Crippen LogP contribution in [0.3, 0.4) is 0 Å². The van der Waals surface area contributed by atoms with Crippen LogP contribution in [-0.4, -0.2) is 26.4 Å². The number of rotatable bonds is 4. The third kappa shape index (κ3) is 3.54. The van der Waals surface area contributed by atoms with E-state index in [9.17, 15) is 13.2 Å². The van der Waals surface area contributed by atoms with Gasteiger partial charge in [-0.15, -0.1) is 0 Å². The normalized spacial score (nSPS) is 24.3. The number of fused-ring (bicyclic) bond motifs is 1. The van der Waals surface area contributed by atoms with Gasteiger partial charge in [0.25, 0.3) is 0 Å². The van der Waals surface area contributed by atoms with Gasteiger partial charge in [0.05, 0.1) is 4.90 Å². The minimum absolute atomic E-state index is 0.0441. The van der Waals surface area contributed by atoms with Crippen LogP contribution in [0.2, 0.25) is 0 Å². The SMILES string of the molecule is CC1Cc2cc(S(=O)(=O)NC3CCCCCC3)ccc2N1C(=O)C1CC1. The quantitative estimate of drug-likeness (QED) is 0.819. The van der Waals surface area contributed by atoms with Crippen LogP contribution in [0.4, 0.5) is 5.69 Å². The standard InChI is InChI=1S/C20H28N2O3S/c1-14-12-16-13-18(10-11-19(16)22(14)20(23)15-8-9-15)26(24,25)21-17-6-4-2-3-5-7-17/h10-11,13-15,17,21H,2-9,12H2,1H3. The number of hydrogen-bond acceptors (Lipinski definition) is 3. The number of amides is 1. The van der Waals surface area contributed by atoms with E-state index >= 15 is 0 Å². The molecule has 1 aromatic carbocycles. The van der Waals surface area contributed by atoms with Gasteiger partial charge in [-0.1, -0.05) is 25.7 Å². The van der Waals surface area contributed by atoms with Crippen molar-refractivity contribution in [3.63, 3.8) is 0 Å². The molecule has 1 aromatic rings. The van der Waals surface area contributed by atoms with Crippen molar-refractivity contribution in [3.05, 3.63) is 23.8 Å². The molecule has 0 spiro atoms. The molecule has 2 saturated carbocycles. The Morgan fingerprint density at radius 1 is 1.08 bits per heavy atom. The van der Waals surface area contributed by atoms with E-state index in [0.717, 1.165) is 56.2 Å². The molecule has 2 aliphatic carbocycles. The molecule has 1 N–H and O–H groups in total. The highest BCUT2D eigenvalue weighted by Gasteiger charge is 2.39. The second-order valence-electron chi connectivity index (χ2n) is 8.14. The molecule has 1 heterocycles. The second kappa shape index (κ2) is 6.97. The summed E-state index contributed by atoms with van der Waals surface area (Å²) in [6.45, 7) is 2.04. The first kappa shape index (κ1) is 18.0. The molecular weight excluding hydrogens is 348 g/mol. The van der Waals surface area contributed by atoms with Crippen LogP contribution in [0.15, 0.2) is 23.1 Å². The molecule has 4 rings (SSSR count). The monoisotopic (exact) mass is 376 g/mol. The number of nitrogens with zero attached hydrogens (tertiary/aromatic N) is 1. The summed E-state index contributed by atoms with van der Waals surface area (Å²) in [7, 11) is -3.51. The Kier molecular flexibility index (Phi) is 4.82. The fraction of sp³-hybridized carbons (Fsp3) is 0.650. The minimum atomic E-state index is -3.51. The zero-order valence-corrected chi connectivity index (χ0v) is 16.2. The van der Waals surface area contributed by atoms with Gasteiger partial charge in [0.1, 0.15) is 0 Å². The van der Waals surface area contributed by atoms with Gasteiger partial charge in [0.15, 0.2) is 0 Å². The van der Waals surface area contributed by atoms with Gasteiger partial charge in [-0.25, -0.2) is 13.1 Å². The average molecular weight is 377 g/mol. The third-order valence-corrected chi connectivity index (χ3v) is 7.44. The Hall–Kier alpha value is -1.40. The van der Waals surface area contributed by atoms with E-state index in [1.807, 2.05) is 17.9 Å². The van der Waals surface area contributed by atoms with Crippen molar-refractivity contribution >= 4 is 21.6 Å². The molecule has 0 aromatic heterocycles. The summed E-state index contributed by atoms with van der Waals surface area (Å²) in [6.07, 6.45) is 9.10. The van der Waals surface area contributed by atoms with Gasteiger partial charge in [-0.05, 0) is 62.8 Å². The van der Waals surface area contributed by atoms with Crippen LogP contribution in [0, 0.1) is 5.92 Å². The lowest BCUT2D eigenvalue weighted by Crippen LogP contribution is -2.36. The molecule has 1 atom stereocenters. The van der Waals surface area contributed by atoms with E-state index in [0.29, 0.717) is 4.90 Å². The smallest absolute Gasteiger partial charge is 0.240 e. The largest absolute Gasteiger partial charge is 0.309 e. The van der Waals surface area contributed by atoms with Crippen molar-refractivity contribution in [2.45, 2.75) is 81.7 Å². The average Bonchev–Trinajstić information content (AvgIpc) is 3.40. The van der Waals surface area contributed by atoms with Gasteiger partial charge in [-0.2, -0.15) is 0 Å². The van der Waals surface area contributed by atoms with Crippen molar-refractivity contribution in [1.29, 1.82) is 0 Å². The number of sulfonamides is 1. The Bertz CT molecular complexity index is 793. The fourth-order valence-corrected chi connectivity index (χ4v) is 5.68. The third-order valence-electron chi connectivity index (χ3n) is 5.92. The van der Waals surface area contributed by atoms with E-state index < -0.39 is 10.0 Å². The van der Waals surface area contributed by atoms with Crippen molar-refractivity contribution in [2.24, 2.45) is 5.92 Å². The summed E-state index contributed by atoms with van der Waals surface area (Å²) in [5, 5.41) is 0. The molecule has 1 aliphatic heterocycles. The first-order chi connectivity index (χ1) is 12.5. The molecular formula is C20H28N2O3S. The van der Waals surface area contributed by atoms with E-state index in [1.165, 1.54) is 12.8 Å². The minimum Gasteiger partial charge on any atom is -0.309 e. The maximum Gasteiger partial charge on any atom is 0.240 e. The summed E-state index contributed by atoms with van der Waals surface area (Å²) in [5.74, 6) is 0.368. The highest BCUT2D eigenvalue weighted by atomic mass is 32.2. The highest BCUT2D eigenvalue weighted by Crippen LogP contribution is 2.39. The van der Waals surface area contributed by atoms with Crippen molar-refractivity contribution in [1.82, 2.24) is 4.72 Å². The zero-order valence-electron chi connectivity index (χ0n) is 15.4. The number of carbonyl (C=O) groups excluding carboxylic acids is 1. The number of hydrogen-bond donors (Lipinski definition) is 1. The van der Waals surface area contributed by atoms with Crippen LogP contribution >= 0.6 is 0 Å². The molecule has 1 unspecified atom stereocenters. The van der Waals surface area contributed by atoms with E-state index in [-0.39, 0.29) is 23.9 Å². The van der Waals surface area contributed by atoms with Crippen molar-refractivity contribution < 1.29 is 13.2 Å². The van der Waals surface area contributed by atoms with Crippen LogP contribution in [0.1, 0.15) is 63.9 Å². The molecule has 0 radical (unpaired) electrons. The van der Waals surface area contributed by atoms with Crippen LogP contribution in [0.25, 0.3) is 0 Å². The summed E-state index contributed by atoms with van der Waals surface area (Å²) in [5.41, 5.74) is 1.86. The summed E-state index contributed by atoms with van der Waals surface area (Å²) >= 11 is 0. The first-order valence-corrected chi connectivity index (χ1v) is 11.4. The molecule has 3 aliphatic rings. The molecule has 26 heavy (non-hydrogen) atoms. The zero-order chi connectivity index (χ0) is 18.3.